The molecule has 2 N–H and O–H groups in total. The van der Waals surface area contributed by atoms with Crippen LogP contribution >= 0.6 is 23.2 Å². The standard InChI is InChI=1S/C25H23Cl2N3O3/c1-30(2)25(33)17-12-13-20(27)22(14-17)28-23(31)15-21(16-8-4-3-5-9-16)29-24(32)18-10-6-7-11-19(18)26/h3-14,21H,15H2,1-2H3,(H,28,31)(H,29,32). The van der Waals surface area contributed by atoms with Crippen LogP contribution in [0.5, 0.6) is 0 Å². The Morgan fingerprint density at radius 1 is 0.879 bits per heavy atom. The molecule has 0 saturated heterocycles. The third-order valence-electron chi connectivity index (χ3n) is 4.91. The summed E-state index contributed by atoms with van der Waals surface area (Å²) >= 11 is 12.4. The summed E-state index contributed by atoms with van der Waals surface area (Å²) in [6.07, 6.45) is -0.0532. The van der Waals surface area contributed by atoms with Crippen LogP contribution in [0.3, 0.4) is 0 Å². The molecular formula is C25H23Cl2N3O3. The summed E-state index contributed by atoms with van der Waals surface area (Å²) in [5.41, 5.74) is 1.79. The average molecular weight is 484 g/mol. The van der Waals surface area contributed by atoms with Gasteiger partial charge in [-0.1, -0.05) is 65.7 Å². The number of halogens is 2. The summed E-state index contributed by atoms with van der Waals surface area (Å²) < 4.78 is 0. The molecule has 3 rings (SSSR count). The zero-order chi connectivity index (χ0) is 24.0. The molecule has 1 unspecified atom stereocenters. The minimum atomic E-state index is -0.611. The van der Waals surface area contributed by atoms with E-state index in [1.165, 1.54) is 11.0 Å². The van der Waals surface area contributed by atoms with E-state index < -0.39 is 6.04 Å². The first-order valence-corrected chi connectivity index (χ1v) is 10.9. The van der Waals surface area contributed by atoms with Crippen LogP contribution < -0.4 is 10.6 Å². The average Bonchev–Trinajstić information content (AvgIpc) is 2.80. The van der Waals surface area contributed by atoms with Crippen molar-refractivity contribution < 1.29 is 14.4 Å². The van der Waals surface area contributed by atoms with E-state index in [4.69, 9.17) is 23.2 Å². The van der Waals surface area contributed by atoms with Crippen LogP contribution in [0.15, 0.2) is 72.8 Å². The zero-order valence-electron chi connectivity index (χ0n) is 18.1. The van der Waals surface area contributed by atoms with Crippen molar-refractivity contribution in [3.8, 4) is 0 Å². The van der Waals surface area contributed by atoms with Gasteiger partial charge in [-0.05, 0) is 35.9 Å². The number of carbonyl (C=O) groups is 3. The Labute approximate surface area is 202 Å². The zero-order valence-corrected chi connectivity index (χ0v) is 19.7. The Kier molecular flexibility index (Phi) is 8.09. The van der Waals surface area contributed by atoms with Crippen LogP contribution in [0.25, 0.3) is 0 Å². The fourth-order valence-corrected chi connectivity index (χ4v) is 3.60. The summed E-state index contributed by atoms with van der Waals surface area (Å²) in [6.45, 7) is 0. The number of nitrogens with zero attached hydrogens (tertiary/aromatic N) is 1. The number of carbonyl (C=O) groups excluding carboxylic acids is 3. The molecule has 0 saturated carbocycles. The van der Waals surface area contributed by atoms with Gasteiger partial charge in [0.1, 0.15) is 0 Å². The van der Waals surface area contributed by atoms with Crippen molar-refractivity contribution >= 4 is 46.6 Å². The van der Waals surface area contributed by atoms with Crippen LogP contribution in [0.1, 0.15) is 38.7 Å². The minimum Gasteiger partial charge on any atom is -0.345 e. The van der Waals surface area contributed by atoms with Gasteiger partial charge in [0.25, 0.3) is 11.8 Å². The molecule has 0 bridgehead atoms. The molecule has 33 heavy (non-hydrogen) atoms. The van der Waals surface area contributed by atoms with Crippen molar-refractivity contribution in [2.24, 2.45) is 0 Å². The second-order valence-electron chi connectivity index (χ2n) is 7.56. The first kappa shape index (κ1) is 24.3. The highest BCUT2D eigenvalue weighted by Crippen LogP contribution is 2.26. The monoisotopic (exact) mass is 483 g/mol. The first-order valence-electron chi connectivity index (χ1n) is 10.2. The molecule has 0 aliphatic rings. The van der Waals surface area contributed by atoms with Crippen LogP contribution in [0, 0.1) is 0 Å². The topological polar surface area (TPSA) is 78.5 Å². The predicted octanol–water partition coefficient (Wildman–Crippen LogP) is 5.20. The van der Waals surface area contributed by atoms with Crippen molar-refractivity contribution in [3.05, 3.63) is 99.5 Å². The quantitative estimate of drug-likeness (QED) is 0.484. The molecule has 0 spiro atoms. The number of nitrogens with one attached hydrogen (secondary N) is 2. The molecule has 8 heteroatoms. The van der Waals surface area contributed by atoms with Crippen LogP contribution in [0.2, 0.25) is 10.0 Å². The molecule has 6 nitrogen and oxygen atoms in total. The molecular weight excluding hydrogens is 461 g/mol. The third kappa shape index (κ3) is 6.34. The second-order valence-corrected chi connectivity index (χ2v) is 8.38. The molecule has 0 aromatic heterocycles. The molecule has 170 valence electrons. The normalized spacial score (nSPS) is 11.4. The largest absolute Gasteiger partial charge is 0.345 e. The summed E-state index contributed by atoms with van der Waals surface area (Å²) in [6, 6.07) is 19.9. The smallest absolute Gasteiger partial charge is 0.253 e. The van der Waals surface area contributed by atoms with E-state index in [2.05, 4.69) is 10.6 Å². The maximum atomic E-state index is 12.9. The van der Waals surface area contributed by atoms with Crippen molar-refractivity contribution in [1.82, 2.24) is 10.2 Å². The van der Waals surface area contributed by atoms with E-state index in [0.29, 0.717) is 26.9 Å². The maximum Gasteiger partial charge on any atom is 0.253 e. The Morgan fingerprint density at radius 3 is 2.21 bits per heavy atom. The van der Waals surface area contributed by atoms with Gasteiger partial charge in [0.05, 0.1) is 33.8 Å². The van der Waals surface area contributed by atoms with Gasteiger partial charge < -0.3 is 15.5 Å². The fraction of sp³-hybridized carbons (Fsp3) is 0.160. The van der Waals surface area contributed by atoms with Crippen LogP contribution in [-0.4, -0.2) is 36.7 Å². The van der Waals surface area contributed by atoms with Gasteiger partial charge >= 0.3 is 0 Å². The van der Waals surface area contributed by atoms with Gasteiger partial charge in [-0.25, -0.2) is 0 Å². The SMILES string of the molecule is CN(C)C(=O)c1ccc(Cl)c(NC(=O)CC(NC(=O)c2ccccc2Cl)c2ccccc2)c1. The van der Waals surface area contributed by atoms with Crippen molar-refractivity contribution in [3.63, 3.8) is 0 Å². The molecule has 0 heterocycles. The lowest BCUT2D eigenvalue weighted by Gasteiger charge is -2.20. The van der Waals surface area contributed by atoms with Gasteiger partial charge in [-0.2, -0.15) is 0 Å². The Morgan fingerprint density at radius 2 is 1.55 bits per heavy atom. The van der Waals surface area contributed by atoms with E-state index in [1.54, 1.807) is 50.5 Å². The highest BCUT2D eigenvalue weighted by molar-refractivity contribution is 6.34. The molecule has 0 aliphatic carbocycles. The summed E-state index contributed by atoms with van der Waals surface area (Å²) in [7, 11) is 3.28. The van der Waals surface area contributed by atoms with Crippen molar-refractivity contribution in [2.75, 3.05) is 19.4 Å². The highest BCUT2D eigenvalue weighted by atomic mass is 35.5. The maximum absolute atomic E-state index is 12.9. The number of benzene rings is 3. The Balaban J connectivity index is 1.80. The summed E-state index contributed by atoms with van der Waals surface area (Å²) in [5, 5.41) is 6.26. The first-order chi connectivity index (χ1) is 15.8. The number of anilines is 1. The Bertz CT molecular complexity index is 1170. The Hall–Kier alpha value is -3.35. The molecule has 0 aliphatic heterocycles. The summed E-state index contributed by atoms with van der Waals surface area (Å²) in [4.78, 5) is 39.4. The number of rotatable bonds is 7. The predicted molar refractivity (Wildman–Crippen MR) is 131 cm³/mol. The molecule has 0 fully saturated rings. The third-order valence-corrected chi connectivity index (χ3v) is 5.57. The highest BCUT2D eigenvalue weighted by Gasteiger charge is 2.21. The van der Waals surface area contributed by atoms with Gasteiger partial charge in [-0.3, -0.25) is 14.4 Å². The minimum absolute atomic E-state index is 0.0532. The van der Waals surface area contributed by atoms with Crippen LogP contribution in [-0.2, 0) is 4.79 Å². The van der Waals surface area contributed by atoms with E-state index in [1.807, 2.05) is 30.3 Å². The molecule has 3 aromatic carbocycles. The van der Waals surface area contributed by atoms with E-state index in [0.717, 1.165) is 5.56 Å². The number of hydrogen-bond donors (Lipinski definition) is 2. The van der Waals surface area contributed by atoms with Crippen LogP contribution in [0.4, 0.5) is 5.69 Å². The second kappa shape index (κ2) is 11.0. The van der Waals surface area contributed by atoms with Gasteiger partial charge in [0.15, 0.2) is 0 Å². The van der Waals surface area contributed by atoms with Gasteiger partial charge in [-0.15, -0.1) is 0 Å². The van der Waals surface area contributed by atoms with Gasteiger partial charge in [0.2, 0.25) is 5.91 Å². The summed E-state index contributed by atoms with van der Waals surface area (Å²) in [5.74, 6) is -0.977. The lowest BCUT2D eigenvalue weighted by molar-refractivity contribution is -0.116. The van der Waals surface area contributed by atoms with Gasteiger partial charge in [0, 0.05) is 19.7 Å². The van der Waals surface area contributed by atoms with Crippen molar-refractivity contribution in [2.45, 2.75) is 12.5 Å². The molecule has 0 radical (unpaired) electrons. The van der Waals surface area contributed by atoms with E-state index in [9.17, 15) is 14.4 Å². The number of hydrogen-bond acceptors (Lipinski definition) is 3. The molecule has 3 amide bonds. The van der Waals surface area contributed by atoms with Crippen molar-refractivity contribution in [1.29, 1.82) is 0 Å². The van der Waals surface area contributed by atoms with E-state index in [-0.39, 0.29) is 24.1 Å². The van der Waals surface area contributed by atoms with E-state index >= 15 is 0 Å². The molecule has 3 aromatic rings. The fourth-order valence-electron chi connectivity index (χ4n) is 3.22. The molecule has 1 atom stereocenters. The lowest BCUT2D eigenvalue weighted by Crippen LogP contribution is -2.31. The number of amides is 3. The lowest BCUT2D eigenvalue weighted by atomic mass is 10.0.